The smallest absolute Gasteiger partial charge is 0.275 e. The minimum atomic E-state index is -0.511. The molecule has 0 unspecified atom stereocenters. The summed E-state index contributed by atoms with van der Waals surface area (Å²) in [6.45, 7) is 2.66. The van der Waals surface area contributed by atoms with Crippen LogP contribution in [-0.2, 0) is 6.54 Å². The summed E-state index contributed by atoms with van der Waals surface area (Å²) >= 11 is 0. The van der Waals surface area contributed by atoms with E-state index >= 15 is 0 Å². The maximum atomic E-state index is 10.8. The van der Waals surface area contributed by atoms with Gasteiger partial charge in [0.1, 0.15) is 5.75 Å². The number of non-ortho nitro benzene ring substituents is 1. The third-order valence-electron chi connectivity index (χ3n) is 2.44. The highest BCUT2D eigenvalue weighted by Gasteiger charge is 2.11. The number of rotatable bonds is 5. The first-order chi connectivity index (χ1) is 9.12. The van der Waals surface area contributed by atoms with Gasteiger partial charge in [-0.3, -0.25) is 20.6 Å². The van der Waals surface area contributed by atoms with Gasteiger partial charge in [-0.05, 0) is 6.92 Å². The SMILES string of the molecule is CCn1cc(Oc2cc(NN)cc([N+](=O)[O-])c2)cn1. The molecule has 0 aliphatic carbocycles. The number of hydrazine groups is 1. The molecule has 0 aliphatic heterocycles. The lowest BCUT2D eigenvalue weighted by Gasteiger charge is -2.05. The molecule has 0 saturated carbocycles. The van der Waals surface area contributed by atoms with Gasteiger partial charge in [-0.15, -0.1) is 0 Å². The van der Waals surface area contributed by atoms with Gasteiger partial charge in [-0.25, -0.2) is 0 Å². The number of nitrogen functional groups attached to an aromatic ring is 1. The molecule has 0 amide bonds. The van der Waals surface area contributed by atoms with Crippen LogP contribution >= 0.6 is 0 Å². The van der Waals surface area contributed by atoms with Gasteiger partial charge in [0, 0.05) is 18.7 Å². The normalized spacial score (nSPS) is 10.2. The lowest BCUT2D eigenvalue weighted by Crippen LogP contribution is -2.07. The van der Waals surface area contributed by atoms with Crippen molar-refractivity contribution in [3.8, 4) is 11.5 Å². The van der Waals surface area contributed by atoms with Crippen LogP contribution in [0.3, 0.4) is 0 Å². The summed E-state index contributed by atoms with van der Waals surface area (Å²) in [6, 6.07) is 4.21. The monoisotopic (exact) mass is 263 g/mol. The molecule has 0 radical (unpaired) electrons. The van der Waals surface area contributed by atoms with Gasteiger partial charge in [0.05, 0.1) is 29.1 Å². The summed E-state index contributed by atoms with van der Waals surface area (Å²) in [7, 11) is 0. The molecule has 1 heterocycles. The number of aromatic nitrogens is 2. The van der Waals surface area contributed by atoms with Crippen LogP contribution in [0, 0.1) is 10.1 Å². The number of hydrogen-bond donors (Lipinski definition) is 2. The molecule has 0 aliphatic rings. The highest BCUT2D eigenvalue weighted by molar-refractivity contribution is 5.56. The molecule has 8 nitrogen and oxygen atoms in total. The second-order valence-corrected chi connectivity index (χ2v) is 3.75. The van der Waals surface area contributed by atoms with Gasteiger partial charge in [0.25, 0.3) is 5.69 Å². The number of nitrogens with two attached hydrogens (primary N) is 1. The van der Waals surface area contributed by atoms with Crippen molar-refractivity contribution in [1.29, 1.82) is 0 Å². The molecular formula is C11H13N5O3. The quantitative estimate of drug-likeness (QED) is 0.484. The second-order valence-electron chi connectivity index (χ2n) is 3.75. The first kappa shape index (κ1) is 12.8. The van der Waals surface area contributed by atoms with Crippen LogP contribution in [0.2, 0.25) is 0 Å². The number of nitro groups is 1. The predicted molar refractivity (Wildman–Crippen MR) is 68.9 cm³/mol. The molecule has 0 bridgehead atoms. The minimum absolute atomic E-state index is 0.103. The van der Waals surface area contributed by atoms with Crippen molar-refractivity contribution in [2.45, 2.75) is 13.5 Å². The second kappa shape index (κ2) is 5.36. The zero-order valence-corrected chi connectivity index (χ0v) is 10.2. The standard InChI is InChI=1S/C11H13N5O3/c1-2-15-7-11(6-13-15)19-10-4-8(14-12)3-9(5-10)16(17)18/h3-7,14H,2,12H2,1H3. The first-order valence-electron chi connectivity index (χ1n) is 5.58. The number of aryl methyl sites for hydroxylation is 1. The van der Waals surface area contributed by atoms with Crippen LogP contribution in [0.4, 0.5) is 11.4 Å². The summed E-state index contributed by atoms with van der Waals surface area (Å²) in [5.41, 5.74) is 2.65. The molecule has 2 rings (SSSR count). The Kier molecular flexibility index (Phi) is 3.62. The third kappa shape index (κ3) is 2.99. The van der Waals surface area contributed by atoms with Gasteiger partial charge in [0.15, 0.2) is 5.75 Å². The highest BCUT2D eigenvalue weighted by Crippen LogP contribution is 2.29. The van der Waals surface area contributed by atoms with Gasteiger partial charge >= 0.3 is 0 Å². The average Bonchev–Trinajstić information content (AvgIpc) is 2.85. The number of nitro benzene ring substituents is 1. The van der Waals surface area contributed by atoms with Crippen LogP contribution < -0.4 is 16.0 Å². The molecule has 1 aromatic carbocycles. The fourth-order valence-electron chi connectivity index (χ4n) is 1.54. The van der Waals surface area contributed by atoms with Gasteiger partial charge < -0.3 is 10.2 Å². The van der Waals surface area contributed by atoms with E-state index in [-0.39, 0.29) is 5.69 Å². The number of benzene rings is 1. The molecule has 0 fully saturated rings. The molecule has 0 spiro atoms. The zero-order chi connectivity index (χ0) is 13.8. The van der Waals surface area contributed by atoms with Gasteiger partial charge in [-0.1, -0.05) is 0 Å². The number of anilines is 1. The zero-order valence-electron chi connectivity index (χ0n) is 10.2. The van der Waals surface area contributed by atoms with Crippen LogP contribution in [0.15, 0.2) is 30.6 Å². The summed E-state index contributed by atoms with van der Waals surface area (Å²) < 4.78 is 7.20. The largest absolute Gasteiger partial charge is 0.454 e. The van der Waals surface area contributed by atoms with E-state index in [1.165, 1.54) is 18.3 Å². The maximum absolute atomic E-state index is 10.8. The van der Waals surface area contributed by atoms with E-state index in [1.807, 2.05) is 6.92 Å². The Labute approximate surface area is 108 Å². The number of nitrogens with zero attached hydrogens (tertiary/aromatic N) is 3. The Bertz CT molecular complexity index is 596. The predicted octanol–water partition coefficient (Wildman–Crippen LogP) is 1.89. The van der Waals surface area contributed by atoms with Gasteiger partial charge in [0.2, 0.25) is 0 Å². The highest BCUT2D eigenvalue weighted by atomic mass is 16.6. The summed E-state index contributed by atoms with van der Waals surface area (Å²) in [5, 5.41) is 14.8. The molecular weight excluding hydrogens is 250 g/mol. The number of nitrogens with one attached hydrogen (secondary N) is 1. The van der Waals surface area contributed by atoms with Crippen molar-refractivity contribution in [1.82, 2.24) is 9.78 Å². The molecule has 19 heavy (non-hydrogen) atoms. The van der Waals surface area contributed by atoms with Crippen molar-refractivity contribution in [2.75, 3.05) is 5.43 Å². The lowest BCUT2D eigenvalue weighted by molar-refractivity contribution is -0.384. The number of hydrogen-bond acceptors (Lipinski definition) is 6. The molecule has 0 atom stereocenters. The Morgan fingerprint density at radius 3 is 2.84 bits per heavy atom. The van der Waals surface area contributed by atoms with E-state index in [2.05, 4.69) is 10.5 Å². The first-order valence-corrected chi connectivity index (χ1v) is 5.58. The van der Waals surface area contributed by atoms with E-state index in [0.717, 1.165) is 0 Å². The molecule has 8 heteroatoms. The van der Waals surface area contributed by atoms with Crippen molar-refractivity contribution in [3.63, 3.8) is 0 Å². The Hall–Kier alpha value is -2.61. The maximum Gasteiger partial charge on any atom is 0.275 e. The van der Waals surface area contributed by atoms with Crippen LogP contribution in [-0.4, -0.2) is 14.7 Å². The van der Waals surface area contributed by atoms with Crippen LogP contribution in [0.1, 0.15) is 6.92 Å². The minimum Gasteiger partial charge on any atom is -0.454 e. The molecule has 0 saturated heterocycles. The van der Waals surface area contributed by atoms with Crippen molar-refractivity contribution < 1.29 is 9.66 Å². The Morgan fingerprint density at radius 1 is 1.47 bits per heavy atom. The molecule has 100 valence electrons. The van der Waals surface area contributed by atoms with Crippen molar-refractivity contribution in [3.05, 3.63) is 40.7 Å². The molecule has 1 aromatic heterocycles. The topological polar surface area (TPSA) is 108 Å². The average molecular weight is 263 g/mol. The Balaban J connectivity index is 2.28. The fourth-order valence-corrected chi connectivity index (χ4v) is 1.54. The summed E-state index contributed by atoms with van der Waals surface area (Å²) in [4.78, 5) is 10.3. The van der Waals surface area contributed by atoms with Crippen LogP contribution in [0.5, 0.6) is 11.5 Å². The van der Waals surface area contributed by atoms with Crippen molar-refractivity contribution >= 4 is 11.4 Å². The third-order valence-corrected chi connectivity index (χ3v) is 2.44. The van der Waals surface area contributed by atoms with Crippen molar-refractivity contribution in [2.24, 2.45) is 5.84 Å². The van der Waals surface area contributed by atoms with Gasteiger partial charge in [-0.2, -0.15) is 5.10 Å². The summed E-state index contributed by atoms with van der Waals surface area (Å²) in [6.07, 6.45) is 3.24. The van der Waals surface area contributed by atoms with E-state index in [4.69, 9.17) is 10.6 Å². The molecule has 3 N–H and O–H groups in total. The van der Waals surface area contributed by atoms with E-state index in [1.54, 1.807) is 16.9 Å². The van der Waals surface area contributed by atoms with Crippen LogP contribution in [0.25, 0.3) is 0 Å². The lowest BCUT2D eigenvalue weighted by atomic mass is 10.2. The summed E-state index contributed by atoms with van der Waals surface area (Å²) in [5.74, 6) is 6.08. The van der Waals surface area contributed by atoms with E-state index in [0.29, 0.717) is 23.7 Å². The molecule has 2 aromatic rings. The van der Waals surface area contributed by atoms with E-state index in [9.17, 15) is 10.1 Å². The number of ether oxygens (including phenoxy) is 1. The fraction of sp³-hybridized carbons (Fsp3) is 0.182. The van der Waals surface area contributed by atoms with E-state index < -0.39 is 4.92 Å². The Morgan fingerprint density at radius 2 is 2.26 bits per heavy atom.